The van der Waals surface area contributed by atoms with Crippen LogP contribution in [-0.2, 0) is 16.1 Å². The third-order valence-electron chi connectivity index (χ3n) is 5.27. The number of fused-ring (bicyclic) bond motifs is 1. The van der Waals surface area contributed by atoms with Crippen LogP contribution in [0.1, 0.15) is 33.3 Å². The number of benzene rings is 2. The van der Waals surface area contributed by atoms with Gasteiger partial charge in [0.1, 0.15) is 12.4 Å². The highest BCUT2D eigenvalue weighted by atomic mass is 32.2. The standard InChI is InChI=1S/C26H27FN4O2S/c1-16(2)28-26-31(17(3)4)25(33)23(34-26)13-18-14-30(22-8-6-5-7-21(18)22)15-24(32)29-20-11-9-19(27)10-12-20/h5-14,16-17H,15H2,1-4H3,(H,29,32)/b23-13+,28-26?. The molecule has 2 amide bonds. The fourth-order valence-corrected chi connectivity index (χ4v) is 5.03. The zero-order chi connectivity index (χ0) is 24.4. The Labute approximate surface area is 202 Å². The predicted molar refractivity (Wildman–Crippen MR) is 137 cm³/mol. The van der Waals surface area contributed by atoms with E-state index >= 15 is 0 Å². The number of hydrogen-bond donors (Lipinski definition) is 1. The van der Waals surface area contributed by atoms with Crippen molar-refractivity contribution in [3.8, 4) is 0 Å². The minimum Gasteiger partial charge on any atom is -0.337 e. The number of aromatic nitrogens is 1. The zero-order valence-corrected chi connectivity index (χ0v) is 20.4. The lowest BCUT2D eigenvalue weighted by molar-refractivity contribution is -0.123. The molecule has 0 spiro atoms. The number of rotatable bonds is 6. The van der Waals surface area contributed by atoms with Gasteiger partial charge in [-0.15, -0.1) is 0 Å². The van der Waals surface area contributed by atoms with E-state index in [2.05, 4.69) is 10.3 Å². The van der Waals surface area contributed by atoms with Crippen LogP contribution in [0.2, 0.25) is 0 Å². The highest BCUT2D eigenvalue weighted by molar-refractivity contribution is 8.18. The maximum Gasteiger partial charge on any atom is 0.266 e. The molecule has 2 aromatic carbocycles. The lowest BCUT2D eigenvalue weighted by Crippen LogP contribution is -2.35. The fraction of sp³-hybridized carbons (Fsp3) is 0.269. The molecule has 0 unspecified atom stereocenters. The first-order valence-electron chi connectivity index (χ1n) is 11.2. The first-order chi connectivity index (χ1) is 16.2. The van der Waals surface area contributed by atoms with E-state index < -0.39 is 0 Å². The first kappa shape index (κ1) is 23.8. The highest BCUT2D eigenvalue weighted by Gasteiger charge is 2.35. The summed E-state index contributed by atoms with van der Waals surface area (Å²) in [6.45, 7) is 8.01. The molecule has 8 heteroatoms. The molecule has 176 valence electrons. The Morgan fingerprint density at radius 3 is 2.50 bits per heavy atom. The number of nitrogens with zero attached hydrogens (tertiary/aromatic N) is 3. The summed E-state index contributed by atoms with van der Waals surface area (Å²) in [5, 5.41) is 4.45. The normalized spacial score (nSPS) is 16.6. The van der Waals surface area contributed by atoms with Gasteiger partial charge in [-0.2, -0.15) is 0 Å². The van der Waals surface area contributed by atoms with E-state index in [0.29, 0.717) is 15.8 Å². The Balaban J connectivity index is 1.64. The van der Waals surface area contributed by atoms with Crippen LogP contribution in [0.5, 0.6) is 0 Å². The molecule has 2 heterocycles. The van der Waals surface area contributed by atoms with E-state index in [1.807, 2.05) is 68.8 Å². The topological polar surface area (TPSA) is 66.7 Å². The zero-order valence-electron chi connectivity index (χ0n) is 19.6. The molecule has 0 atom stereocenters. The summed E-state index contributed by atoms with van der Waals surface area (Å²) in [6.07, 6.45) is 3.76. The highest BCUT2D eigenvalue weighted by Crippen LogP contribution is 2.35. The monoisotopic (exact) mass is 478 g/mol. The van der Waals surface area contributed by atoms with Gasteiger partial charge in [-0.05, 0) is 75.9 Å². The second-order valence-electron chi connectivity index (χ2n) is 8.67. The number of amides is 2. The molecule has 0 saturated carbocycles. The predicted octanol–water partition coefficient (Wildman–Crippen LogP) is 5.51. The number of hydrogen-bond acceptors (Lipinski definition) is 4. The Morgan fingerprint density at radius 2 is 1.82 bits per heavy atom. The summed E-state index contributed by atoms with van der Waals surface area (Å²) in [5.41, 5.74) is 2.27. The molecule has 1 aliphatic rings. The molecule has 3 aromatic rings. The summed E-state index contributed by atoms with van der Waals surface area (Å²) >= 11 is 1.38. The number of halogens is 1. The molecule has 0 bridgehead atoms. The van der Waals surface area contributed by atoms with E-state index in [0.717, 1.165) is 16.5 Å². The van der Waals surface area contributed by atoms with Gasteiger partial charge in [-0.3, -0.25) is 19.5 Å². The largest absolute Gasteiger partial charge is 0.337 e. The molecule has 34 heavy (non-hydrogen) atoms. The third-order valence-corrected chi connectivity index (χ3v) is 6.27. The second kappa shape index (κ2) is 9.85. The van der Waals surface area contributed by atoms with Crippen LogP contribution >= 0.6 is 11.8 Å². The fourth-order valence-electron chi connectivity index (χ4n) is 3.80. The van der Waals surface area contributed by atoms with Crippen molar-refractivity contribution in [3.05, 3.63) is 71.0 Å². The number of thioether (sulfide) groups is 1. The quantitative estimate of drug-likeness (QED) is 0.475. The number of amidine groups is 1. The van der Waals surface area contributed by atoms with E-state index in [1.54, 1.807) is 4.90 Å². The van der Waals surface area contributed by atoms with E-state index in [9.17, 15) is 14.0 Å². The first-order valence-corrected chi connectivity index (χ1v) is 12.0. The summed E-state index contributed by atoms with van der Waals surface area (Å²) in [5.74, 6) is -0.649. The average Bonchev–Trinajstić information content (AvgIpc) is 3.27. The number of aliphatic imine (C=N–C) groups is 1. The number of carbonyl (C=O) groups excluding carboxylic acids is 2. The minimum absolute atomic E-state index is 0.0000928. The molecular weight excluding hydrogens is 451 g/mol. The summed E-state index contributed by atoms with van der Waals surface area (Å²) < 4.78 is 15.0. The van der Waals surface area contributed by atoms with E-state index in [1.165, 1.54) is 36.0 Å². The van der Waals surface area contributed by atoms with Crippen LogP contribution in [-0.4, -0.2) is 38.5 Å². The van der Waals surface area contributed by atoms with Gasteiger partial charge in [-0.25, -0.2) is 4.39 Å². The summed E-state index contributed by atoms with van der Waals surface area (Å²) in [4.78, 5) is 32.8. The van der Waals surface area contributed by atoms with Crippen LogP contribution in [0.4, 0.5) is 10.1 Å². The Bertz CT molecular complexity index is 1290. The molecule has 6 nitrogen and oxygen atoms in total. The number of para-hydroxylation sites is 1. The van der Waals surface area contributed by atoms with Gasteiger partial charge in [-0.1, -0.05) is 18.2 Å². The van der Waals surface area contributed by atoms with Gasteiger partial charge in [0.05, 0.1) is 4.91 Å². The smallest absolute Gasteiger partial charge is 0.266 e. The maximum absolute atomic E-state index is 13.1. The van der Waals surface area contributed by atoms with E-state index in [4.69, 9.17) is 0 Å². The van der Waals surface area contributed by atoms with E-state index in [-0.39, 0.29) is 36.3 Å². The van der Waals surface area contributed by atoms with Gasteiger partial charge in [0, 0.05) is 40.4 Å². The van der Waals surface area contributed by atoms with Crippen molar-refractivity contribution in [2.45, 2.75) is 46.3 Å². The molecule has 1 N–H and O–H groups in total. The molecular formula is C26H27FN4O2S. The maximum atomic E-state index is 13.1. The number of nitrogens with one attached hydrogen (secondary N) is 1. The van der Waals surface area contributed by atoms with Crippen LogP contribution in [0.15, 0.2) is 64.6 Å². The van der Waals surface area contributed by atoms with Gasteiger partial charge in [0.15, 0.2) is 5.17 Å². The number of anilines is 1. The Kier molecular flexibility index (Phi) is 6.88. The molecule has 4 rings (SSSR count). The second-order valence-corrected chi connectivity index (χ2v) is 9.68. The van der Waals surface area contributed by atoms with Crippen molar-refractivity contribution in [2.24, 2.45) is 4.99 Å². The number of carbonyl (C=O) groups is 2. The van der Waals surface area contributed by atoms with Gasteiger partial charge >= 0.3 is 0 Å². The van der Waals surface area contributed by atoms with Crippen molar-refractivity contribution in [3.63, 3.8) is 0 Å². The Hall–Kier alpha value is -3.39. The van der Waals surface area contributed by atoms with Gasteiger partial charge in [0.2, 0.25) is 5.91 Å². The molecule has 1 aliphatic heterocycles. The van der Waals surface area contributed by atoms with Crippen LogP contribution < -0.4 is 5.32 Å². The molecule has 0 radical (unpaired) electrons. The van der Waals surface area contributed by atoms with Gasteiger partial charge in [0.25, 0.3) is 5.91 Å². The molecule has 1 saturated heterocycles. The van der Waals surface area contributed by atoms with Crippen molar-refractivity contribution >= 4 is 51.4 Å². The lowest BCUT2D eigenvalue weighted by atomic mass is 10.1. The SMILES string of the molecule is CC(C)N=C1S/C(=C/c2cn(CC(=O)Nc3ccc(F)cc3)c3ccccc23)C(=O)N1C(C)C. The molecule has 1 aromatic heterocycles. The van der Waals surface area contributed by atoms with Crippen molar-refractivity contribution in [2.75, 3.05) is 5.32 Å². The van der Waals surface area contributed by atoms with Crippen LogP contribution in [0.3, 0.4) is 0 Å². The summed E-state index contributed by atoms with van der Waals surface area (Å²) in [6, 6.07) is 13.5. The molecule has 1 fully saturated rings. The average molecular weight is 479 g/mol. The van der Waals surface area contributed by atoms with Crippen LogP contribution in [0, 0.1) is 5.82 Å². The van der Waals surface area contributed by atoms with Gasteiger partial charge < -0.3 is 9.88 Å². The van der Waals surface area contributed by atoms with Crippen molar-refractivity contribution in [1.29, 1.82) is 0 Å². The van der Waals surface area contributed by atoms with Crippen molar-refractivity contribution in [1.82, 2.24) is 9.47 Å². The van der Waals surface area contributed by atoms with Crippen LogP contribution in [0.25, 0.3) is 17.0 Å². The Morgan fingerprint density at radius 1 is 1.12 bits per heavy atom. The third kappa shape index (κ3) is 5.07. The molecule has 0 aliphatic carbocycles. The minimum atomic E-state index is -0.357. The summed E-state index contributed by atoms with van der Waals surface area (Å²) in [7, 11) is 0. The lowest BCUT2D eigenvalue weighted by Gasteiger charge is -2.20. The van der Waals surface area contributed by atoms with Crippen molar-refractivity contribution < 1.29 is 14.0 Å².